The zero-order valence-corrected chi connectivity index (χ0v) is 9.52. The molecule has 2 fully saturated rings. The van der Waals surface area contributed by atoms with Crippen molar-refractivity contribution >= 4 is 0 Å². The Balaban J connectivity index is 1.76. The van der Waals surface area contributed by atoms with E-state index in [-0.39, 0.29) is 18.2 Å². The van der Waals surface area contributed by atoms with Gasteiger partial charge in [-0.1, -0.05) is 5.21 Å². The van der Waals surface area contributed by atoms with Crippen LogP contribution in [0.25, 0.3) is 0 Å². The number of nitrogens with zero attached hydrogens (tertiary/aromatic N) is 3. The number of hydrogen-bond donors (Lipinski definition) is 1. The molecule has 0 aliphatic carbocycles. The topological polar surface area (TPSA) is 78.6 Å². The van der Waals surface area contributed by atoms with Crippen molar-refractivity contribution in [3.8, 4) is 0 Å². The highest BCUT2D eigenvalue weighted by atomic mass is 16.6. The van der Waals surface area contributed by atoms with Crippen LogP contribution in [0.4, 0.5) is 0 Å². The van der Waals surface area contributed by atoms with E-state index in [9.17, 15) is 5.11 Å². The van der Waals surface area contributed by atoms with Crippen LogP contribution >= 0.6 is 0 Å². The van der Waals surface area contributed by atoms with Gasteiger partial charge < -0.3 is 19.3 Å². The molecule has 2 saturated heterocycles. The summed E-state index contributed by atoms with van der Waals surface area (Å²) < 4.78 is 17.8. The summed E-state index contributed by atoms with van der Waals surface area (Å²) in [5.41, 5.74) is 0.773. The van der Waals surface area contributed by atoms with Gasteiger partial charge in [-0.05, 0) is 0 Å². The molecule has 0 aromatic carbocycles. The molecule has 0 amide bonds. The van der Waals surface area contributed by atoms with Gasteiger partial charge in [0.15, 0.2) is 0 Å². The van der Waals surface area contributed by atoms with E-state index in [0.29, 0.717) is 19.8 Å². The Labute approximate surface area is 98.3 Å². The van der Waals surface area contributed by atoms with E-state index in [1.165, 1.54) is 0 Å². The van der Waals surface area contributed by atoms with Gasteiger partial charge in [0.25, 0.3) is 0 Å². The summed E-state index contributed by atoms with van der Waals surface area (Å²) in [6.07, 6.45) is 0.915. The van der Waals surface area contributed by atoms with E-state index in [1.54, 1.807) is 11.8 Å². The van der Waals surface area contributed by atoms with Gasteiger partial charge in [0.1, 0.15) is 30.0 Å². The van der Waals surface area contributed by atoms with Crippen molar-refractivity contribution in [1.82, 2.24) is 15.0 Å². The smallest absolute Gasteiger partial charge is 0.114 e. The number of hydrogen-bond acceptors (Lipinski definition) is 6. The standard InChI is InChI=1S/C10H15N3O4/c1-15-3-6-2-13(12-11-6)7-4-16-10-8(14)5-17-9(7)10/h2,7-10,14H,3-5H2,1H3/t7-,8-,9-,10+/m1/s1. The molecule has 7 heteroatoms. The van der Waals surface area contributed by atoms with Crippen molar-refractivity contribution < 1.29 is 19.3 Å². The molecule has 4 atom stereocenters. The summed E-state index contributed by atoms with van der Waals surface area (Å²) in [7, 11) is 1.62. The largest absolute Gasteiger partial charge is 0.388 e. The maximum atomic E-state index is 9.64. The Bertz CT molecular complexity index is 397. The van der Waals surface area contributed by atoms with Gasteiger partial charge in [-0.2, -0.15) is 0 Å². The van der Waals surface area contributed by atoms with Crippen molar-refractivity contribution in [3.63, 3.8) is 0 Å². The van der Waals surface area contributed by atoms with Gasteiger partial charge in [-0.15, -0.1) is 5.10 Å². The maximum Gasteiger partial charge on any atom is 0.114 e. The molecule has 17 heavy (non-hydrogen) atoms. The number of methoxy groups -OCH3 is 1. The molecule has 2 aliphatic rings. The average molecular weight is 241 g/mol. The molecule has 1 aromatic heterocycles. The summed E-state index contributed by atoms with van der Waals surface area (Å²) in [6, 6.07) is -0.0183. The van der Waals surface area contributed by atoms with Crippen molar-refractivity contribution in [1.29, 1.82) is 0 Å². The first-order valence-electron chi connectivity index (χ1n) is 5.60. The van der Waals surface area contributed by atoms with Crippen molar-refractivity contribution in [3.05, 3.63) is 11.9 Å². The minimum Gasteiger partial charge on any atom is -0.388 e. The second-order valence-electron chi connectivity index (χ2n) is 4.35. The van der Waals surface area contributed by atoms with E-state index in [4.69, 9.17) is 14.2 Å². The molecule has 3 rings (SSSR count). The van der Waals surface area contributed by atoms with Crippen LogP contribution < -0.4 is 0 Å². The van der Waals surface area contributed by atoms with Crippen LogP contribution in [0.5, 0.6) is 0 Å². The second kappa shape index (κ2) is 4.34. The van der Waals surface area contributed by atoms with Gasteiger partial charge in [-0.3, -0.25) is 0 Å². The van der Waals surface area contributed by atoms with Crippen LogP contribution in [0, 0.1) is 0 Å². The summed E-state index contributed by atoms with van der Waals surface area (Å²) >= 11 is 0. The average Bonchev–Trinajstić information content (AvgIpc) is 2.97. The van der Waals surface area contributed by atoms with Crippen LogP contribution in [0.3, 0.4) is 0 Å². The number of aliphatic hydroxyl groups excluding tert-OH is 1. The van der Waals surface area contributed by atoms with Gasteiger partial charge in [0, 0.05) is 7.11 Å². The summed E-state index contributed by atoms with van der Waals surface area (Å²) in [5.74, 6) is 0. The molecule has 3 heterocycles. The van der Waals surface area contributed by atoms with Crippen LogP contribution in [0.15, 0.2) is 6.20 Å². The lowest BCUT2D eigenvalue weighted by Crippen LogP contribution is -2.30. The zero-order chi connectivity index (χ0) is 11.8. The molecule has 0 spiro atoms. The number of aliphatic hydroxyl groups is 1. The Morgan fingerprint density at radius 3 is 3.12 bits per heavy atom. The molecule has 94 valence electrons. The molecule has 2 aliphatic heterocycles. The quantitative estimate of drug-likeness (QED) is 0.740. The highest BCUT2D eigenvalue weighted by Gasteiger charge is 2.48. The summed E-state index contributed by atoms with van der Waals surface area (Å²) in [6.45, 7) is 1.25. The molecule has 1 aromatic rings. The Kier molecular flexibility index (Phi) is 2.83. The molecule has 1 N–H and O–H groups in total. The molecule has 0 radical (unpaired) electrons. The third-order valence-electron chi connectivity index (χ3n) is 3.19. The molecule has 0 bridgehead atoms. The molecule has 7 nitrogen and oxygen atoms in total. The third kappa shape index (κ3) is 1.85. The van der Waals surface area contributed by atoms with Gasteiger partial charge >= 0.3 is 0 Å². The minimum atomic E-state index is -0.535. The first kappa shape index (κ1) is 11.1. The number of ether oxygens (including phenoxy) is 3. The Hall–Kier alpha value is -1.02. The number of rotatable bonds is 3. The van der Waals surface area contributed by atoms with Gasteiger partial charge in [0.2, 0.25) is 0 Å². The lowest BCUT2D eigenvalue weighted by atomic mass is 10.1. The van der Waals surface area contributed by atoms with E-state index < -0.39 is 6.10 Å². The normalized spacial score (nSPS) is 36.4. The van der Waals surface area contributed by atoms with Crippen molar-refractivity contribution in [2.24, 2.45) is 0 Å². The Morgan fingerprint density at radius 1 is 1.47 bits per heavy atom. The maximum absolute atomic E-state index is 9.64. The molecule has 0 unspecified atom stereocenters. The summed E-state index contributed by atoms with van der Waals surface area (Å²) in [4.78, 5) is 0. The highest BCUT2D eigenvalue weighted by molar-refractivity contribution is 4.99. The Morgan fingerprint density at radius 2 is 2.29 bits per heavy atom. The van der Waals surface area contributed by atoms with Crippen LogP contribution in [-0.4, -0.2) is 58.7 Å². The lowest BCUT2D eigenvalue weighted by Gasteiger charge is -2.15. The second-order valence-corrected chi connectivity index (χ2v) is 4.35. The third-order valence-corrected chi connectivity index (χ3v) is 3.19. The number of fused-ring (bicyclic) bond motifs is 1. The minimum absolute atomic E-state index is 0.0183. The van der Waals surface area contributed by atoms with E-state index in [2.05, 4.69) is 10.3 Å². The van der Waals surface area contributed by atoms with E-state index in [1.807, 2.05) is 6.20 Å². The molecular formula is C10H15N3O4. The fraction of sp³-hybridized carbons (Fsp3) is 0.800. The molecule has 0 saturated carbocycles. The lowest BCUT2D eigenvalue weighted by molar-refractivity contribution is 0.0169. The number of aromatic nitrogens is 3. The van der Waals surface area contributed by atoms with E-state index >= 15 is 0 Å². The first-order chi connectivity index (χ1) is 8.29. The van der Waals surface area contributed by atoms with Crippen molar-refractivity contribution in [2.75, 3.05) is 20.3 Å². The monoisotopic (exact) mass is 241 g/mol. The fourth-order valence-corrected chi connectivity index (χ4v) is 2.38. The van der Waals surface area contributed by atoms with Crippen LogP contribution in [0.2, 0.25) is 0 Å². The highest BCUT2D eigenvalue weighted by Crippen LogP contribution is 2.33. The fourth-order valence-electron chi connectivity index (χ4n) is 2.38. The van der Waals surface area contributed by atoms with Crippen LogP contribution in [0.1, 0.15) is 11.7 Å². The first-order valence-corrected chi connectivity index (χ1v) is 5.60. The SMILES string of the molecule is COCc1cn([C@@H]2CO[C@@H]3[C@@H]2OC[C@H]3O)nn1. The van der Waals surface area contributed by atoms with Crippen LogP contribution in [-0.2, 0) is 20.8 Å². The zero-order valence-electron chi connectivity index (χ0n) is 9.52. The predicted molar refractivity (Wildman–Crippen MR) is 55.3 cm³/mol. The van der Waals surface area contributed by atoms with E-state index in [0.717, 1.165) is 5.69 Å². The molecular weight excluding hydrogens is 226 g/mol. The van der Waals surface area contributed by atoms with Gasteiger partial charge in [-0.25, -0.2) is 4.68 Å². The summed E-state index contributed by atoms with van der Waals surface area (Å²) in [5, 5.41) is 17.7. The predicted octanol–water partition coefficient (Wildman–Crippen LogP) is -0.876. The van der Waals surface area contributed by atoms with Gasteiger partial charge in [0.05, 0.1) is 26.0 Å². The van der Waals surface area contributed by atoms with Crippen molar-refractivity contribution in [2.45, 2.75) is 31.0 Å².